The average Bonchev–Trinajstić information content (AvgIpc) is 2.54. The number of aliphatic carboxylic acids is 2. The molecule has 0 bridgehead atoms. The van der Waals surface area contributed by atoms with Crippen LogP contribution in [0.2, 0.25) is 0 Å². The van der Waals surface area contributed by atoms with E-state index in [0.717, 1.165) is 0 Å². The minimum absolute atomic E-state index is 0.0383. The fourth-order valence-electron chi connectivity index (χ4n) is 1.97. The van der Waals surface area contributed by atoms with Crippen molar-refractivity contribution in [2.75, 3.05) is 23.0 Å². The highest BCUT2D eigenvalue weighted by molar-refractivity contribution is 7.91. The molecular weight excluding hydrogens is 408 g/mol. The van der Waals surface area contributed by atoms with Gasteiger partial charge in [-0.1, -0.05) is 26.0 Å². The molecule has 0 aliphatic heterocycles. The normalized spacial score (nSPS) is 13.5. The third kappa shape index (κ3) is 16.5. The van der Waals surface area contributed by atoms with E-state index in [1.807, 2.05) is 0 Å². The van der Waals surface area contributed by atoms with Crippen LogP contribution in [0.4, 0.5) is 0 Å². The first-order chi connectivity index (χ1) is 12.8. The summed E-state index contributed by atoms with van der Waals surface area (Å²) in [6.45, 7) is 9.75. The van der Waals surface area contributed by atoms with Crippen LogP contribution in [0.15, 0.2) is 25.3 Å². The maximum Gasteiger partial charge on any atom is 0.307 e. The van der Waals surface area contributed by atoms with Crippen LogP contribution < -0.4 is 0 Å². The molecular formula is C18H32O8S2. The Hall–Kier alpha value is -1.68. The molecule has 0 aromatic carbocycles. The molecule has 0 heterocycles. The van der Waals surface area contributed by atoms with Crippen molar-refractivity contribution in [3.8, 4) is 0 Å². The molecule has 0 aromatic rings. The monoisotopic (exact) mass is 440 g/mol. The Morgan fingerprint density at radius 1 is 0.786 bits per heavy atom. The van der Waals surface area contributed by atoms with E-state index in [1.165, 1.54) is 13.8 Å². The molecule has 164 valence electrons. The Morgan fingerprint density at radius 2 is 1.07 bits per heavy atom. The van der Waals surface area contributed by atoms with E-state index in [4.69, 9.17) is 10.2 Å². The van der Waals surface area contributed by atoms with E-state index in [0.29, 0.717) is 25.7 Å². The number of carbonyl (C=O) groups is 2. The maximum absolute atomic E-state index is 11.3. The third-order valence-corrected chi connectivity index (χ3v) is 7.42. The number of carboxylic acids is 2. The molecule has 2 N–H and O–H groups in total. The Bertz CT molecular complexity index is 646. The first-order valence-electron chi connectivity index (χ1n) is 8.86. The third-order valence-electron chi connectivity index (χ3n) is 3.58. The van der Waals surface area contributed by atoms with Crippen LogP contribution in [0.1, 0.15) is 39.5 Å². The van der Waals surface area contributed by atoms with Crippen molar-refractivity contribution < 1.29 is 36.6 Å². The number of rotatable bonds is 14. The second kappa shape index (κ2) is 14.3. The molecule has 2 atom stereocenters. The Morgan fingerprint density at radius 3 is 1.29 bits per heavy atom. The van der Waals surface area contributed by atoms with Gasteiger partial charge in [0.05, 0.1) is 34.8 Å². The highest BCUT2D eigenvalue weighted by Crippen LogP contribution is 2.06. The minimum atomic E-state index is -3.23. The van der Waals surface area contributed by atoms with Crippen molar-refractivity contribution in [2.45, 2.75) is 39.5 Å². The summed E-state index contributed by atoms with van der Waals surface area (Å²) < 4.78 is 45.3. The van der Waals surface area contributed by atoms with E-state index in [-0.39, 0.29) is 23.0 Å². The molecule has 0 unspecified atom stereocenters. The van der Waals surface area contributed by atoms with Crippen LogP contribution in [0.3, 0.4) is 0 Å². The molecule has 0 aliphatic carbocycles. The lowest BCUT2D eigenvalue weighted by Crippen LogP contribution is -2.22. The Labute approximate surface area is 168 Å². The smallest absolute Gasteiger partial charge is 0.307 e. The summed E-state index contributed by atoms with van der Waals surface area (Å²) in [4.78, 5) is 20.9. The average molecular weight is 441 g/mol. The quantitative estimate of drug-likeness (QED) is 0.309. The van der Waals surface area contributed by atoms with E-state index in [1.54, 1.807) is 12.2 Å². The van der Waals surface area contributed by atoms with Gasteiger partial charge in [0.1, 0.15) is 0 Å². The molecule has 0 radical (unpaired) electrons. The maximum atomic E-state index is 11.3. The first-order valence-corrected chi connectivity index (χ1v) is 12.5. The predicted octanol–water partition coefficient (Wildman–Crippen LogP) is 2.18. The molecule has 0 aliphatic rings. The number of hydrogen-bond acceptors (Lipinski definition) is 6. The second-order valence-electron chi connectivity index (χ2n) is 6.57. The number of unbranched alkanes of at least 4 members (excludes halogenated alkanes) is 2. The second-order valence-corrected chi connectivity index (χ2v) is 11.0. The fourth-order valence-corrected chi connectivity index (χ4v) is 5.32. The lowest BCUT2D eigenvalue weighted by molar-refractivity contribution is -0.141. The molecule has 0 rings (SSSR count). The molecule has 0 spiro atoms. The summed E-state index contributed by atoms with van der Waals surface area (Å²) in [6, 6.07) is 0. The summed E-state index contributed by atoms with van der Waals surface area (Å²) in [6.07, 6.45) is 5.60. The molecule has 0 amide bonds. The van der Waals surface area contributed by atoms with Crippen LogP contribution >= 0.6 is 0 Å². The highest BCUT2D eigenvalue weighted by Gasteiger charge is 2.21. The molecule has 0 saturated carbocycles. The van der Waals surface area contributed by atoms with Crippen LogP contribution in [-0.4, -0.2) is 62.0 Å². The lowest BCUT2D eigenvalue weighted by atomic mass is 10.2. The number of sulfone groups is 2. The van der Waals surface area contributed by atoms with Gasteiger partial charge in [-0.05, 0) is 25.7 Å². The van der Waals surface area contributed by atoms with E-state index < -0.39 is 43.4 Å². The molecule has 8 nitrogen and oxygen atoms in total. The first kappa shape index (κ1) is 28.5. The molecule has 0 saturated heterocycles. The van der Waals surface area contributed by atoms with Gasteiger partial charge in [-0.15, -0.1) is 13.2 Å². The molecule has 0 aromatic heterocycles. The largest absolute Gasteiger partial charge is 0.481 e. The summed E-state index contributed by atoms with van der Waals surface area (Å²) in [5.41, 5.74) is 0. The van der Waals surface area contributed by atoms with Gasteiger partial charge >= 0.3 is 11.9 Å². The minimum Gasteiger partial charge on any atom is -0.481 e. The number of carboxylic acid groups (broad SMARTS) is 2. The van der Waals surface area contributed by atoms with Crippen LogP contribution in [0, 0.1) is 11.8 Å². The molecule has 10 heteroatoms. The number of hydrogen-bond donors (Lipinski definition) is 2. The summed E-state index contributed by atoms with van der Waals surface area (Å²) >= 11 is 0. The van der Waals surface area contributed by atoms with Crippen molar-refractivity contribution in [1.29, 1.82) is 0 Å². The zero-order valence-electron chi connectivity index (χ0n) is 16.5. The summed E-state index contributed by atoms with van der Waals surface area (Å²) in [5, 5.41) is 17.1. The summed E-state index contributed by atoms with van der Waals surface area (Å²) in [7, 11) is -6.45. The van der Waals surface area contributed by atoms with Crippen molar-refractivity contribution in [3.05, 3.63) is 25.3 Å². The van der Waals surface area contributed by atoms with Gasteiger partial charge in [-0.3, -0.25) is 9.59 Å². The van der Waals surface area contributed by atoms with Crippen molar-refractivity contribution in [2.24, 2.45) is 11.8 Å². The predicted molar refractivity (Wildman–Crippen MR) is 110 cm³/mol. The molecule has 28 heavy (non-hydrogen) atoms. The van der Waals surface area contributed by atoms with E-state index in [9.17, 15) is 26.4 Å². The van der Waals surface area contributed by atoms with Gasteiger partial charge in [-0.2, -0.15) is 0 Å². The molecule has 0 fully saturated rings. The van der Waals surface area contributed by atoms with Gasteiger partial charge < -0.3 is 10.2 Å². The lowest BCUT2D eigenvalue weighted by Gasteiger charge is -2.06. The van der Waals surface area contributed by atoms with Gasteiger partial charge in [0.2, 0.25) is 0 Å². The number of allylic oxidation sites excluding steroid dienone is 2. The van der Waals surface area contributed by atoms with Crippen LogP contribution in [0.25, 0.3) is 0 Å². The van der Waals surface area contributed by atoms with E-state index >= 15 is 0 Å². The summed E-state index contributed by atoms with van der Waals surface area (Å²) in [5.74, 6) is -4.28. The standard InChI is InChI=1S/2C9H16O4S/c2*1-3-4-5-6-14(12,13)7-8(2)9(10)11/h2*3,8H,1,4-7H2,2H3,(H,10,11)/t2*8-/m11/s1. The zero-order valence-corrected chi connectivity index (χ0v) is 18.2. The van der Waals surface area contributed by atoms with Crippen LogP contribution in [0.5, 0.6) is 0 Å². The van der Waals surface area contributed by atoms with Crippen molar-refractivity contribution in [1.82, 2.24) is 0 Å². The zero-order chi connectivity index (χ0) is 22.4. The Balaban J connectivity index is 0. The van der Waals surface area contributed by atoms with Crippen molar-refractivity contribution >= 4 is 31.6 Å². The van der Waals surface area contributed by atoms with E-state index in [2.05, 4.69) is 13.2 Å². The topological polar surface area (TPSA) is 143 Å². The van der Waals surface area contributed by atoms with Gasteiger partial charge in [-0.25, -0.2) is 16.8 Å². The van der Waals surface area contributed by atoms with Gasteiger partial charge in [0.15, 0.2) is 19.7 Å². The highest BCUT2D eigenvalue weighted by atomic mass is 32.2. The van der Waals surface area contributed by atoms with Crippen LogP contribution in [-0.2, 0) is 29.3 Å². The Kier molecular flexibility index (Phi) is 14.6. The van der Waals surface area contributed by atoms with Crippen molar-refractivity contribution in [3.63, 3.8) is 0 Å². The fraction of sp³-hybridized carbons (Fsp3) is 0.667. The van der Waals surface area contributed by atoms with Gasteiger partial charge in [0, 0.05) is 0 Å². The van der Waals surface area contributed by atoms with Gasteiger partial charge in [0.25, 0.3) is 0 Å². The SMILES string of the molecule is C=CCCCS(=O)(=O)C[C@@H](C)C(=O)O.C=CCCCS(=O)(=O)C[C@@H](C)C(=O)O.